The van der Waals surface area contributed by atoms with Crippen molar-refractivity contribution in [1.29, 1.82) is 0 Å². The predicted molar refractivity (Wildman–Crippen MR) is 47.9 cm³/mol. The highest BCUT2D eigenvalue weighted by Crippen LogP contribution is 1.79. The fraction of sp³-hybridized carbons (Fsp3) is 0.222. The highest BCUT2D eigenvalue weighted by Gasteiger charge is 1.57. The summed E-state index contributed by atoms with van der Waals surface area (Å²) in [5.74, 6) is 0. The number of rotatable bonds is 0. The lowest BCUT2D eigenvalue weighted by Gasteiger charge is -1.69. The number of hydrogen-bond donors (Lipinski definition) is 2. The molecule has 3 heteroatoms. The monoisotopic (exact) mass is 170 g/mol. The van der Waals surface area contributed by atoms with Gasteiger partial charge in [0.25, 0.3) is 6.47 Å². The average Bonchev–Trinajstić information content (AvgIpc) is 2.10. The summed E-state index contributed by atoms with van der Waals surface area (Å²) < 4.78 is 0. The Balaban J connectivity index is 0. The molecule has 1 rings (SSSR count). The Morgan fingerprint density at radius 3 is 1.25 bits per heavy atom. The molecule has 0 aromatic heterocycles. The molecule has 0 fully saturated rings. The second-order valence-electron chi connectivity index (χ2n) is 1.58. The van der Waals surface area contributed by atoms with Crippen molar-refractivity contribution < 1.29 is 15.0 Å². The molecule has 3 nitrogen and oxygen atoms in total. The Kier molecular flexibility index (Phi) is 18.0. The van der Waals surface area contributed by atoms with E-state index in [1.807, 2.05) is 36.4 Å². The minimum Gasteiger partial charge on any atom is -0.483 e. The van der Waals surface area contributed by atoms with Gasteiger partial charge in [-0.15, -0.1) is 0 Å². The molecule has 0 aliphatic heterocycles. The Morgan fingerprint density at radius 2 is 1.17 bits per heavy atom. The van der Waals surface area contributed by atoms with Crippen LogP contribution in [0.3, 0.4) is 0 Å². The van der Waals surface area contributed by atoms with E-state index in [2.05, 4.69) is 0 Å². The maximum Gasteiger partial charge on any atom is 0.290 e. The van der Waals surface area contributed by atoms with Crippen LogP contribution in [-0.4, -0.2) is 23.3 Å². The lowest BCUT2D eigenvalue weighted by atomic mass is 10.4. The normalized spacial score (nSPS) is 6.50. The molecule has 1 aromatic carbocycles. The van der Waals surface area contributed by atoms with E-state index < -0.39 is 0 Å². The van der Waals surface area contributed by atoms with Crippen LogP contribution >= 0.6 is 0 Å². The number of benzene rings is 1. The van der Waals surface area contributed by atoms with E-state index in [4.69, 9.17) is 15.0 Å². The van der Waals surface area contributed by atoms with E-state index in [0.717, 1.165) is 0 Å². The minimum absolute atomic E-state index is 0.250. The first-order valence-electron chi connectivity index (χ1n) is 3.52. The molecule has 0 spiro atoms. The molecule has 0 radical (unpaired) electrons. The zero-order valence-electron chi connectivity index (χ0n) is 7.05. The summed E-state index contributed by atoms with van der Waals surface area (Å²) in [5, 5.41) is 14.5. The van der Waals surface area contributed by atoms with E-state index in [0.29, 0.717) is 0 Å². The Hall–Kier alpha value is -1.35. The van der Waals surface area contributed by atoms with Gasteiger partial charge in [0.15, 0.2) is 0 Å². The van der Waals surface area contributed by atoms with E-state index in [1.165, 1.54) is 0 Å². The standard InChI is InChI=1S/C6H6.C2H6O.CH2O2/c1-2-4-6-5-3-1;1-2-3;2-1-3/h1-6H;3H,2H2,1H3;1H,(H,2,3). The van der Waals surface area contributed by atoms with E-state index >= 15 is 0 Å². The van der Waals surface area contributed by atoms with Crippen LogP contribution in [0.4, 0.5) is 0 Å². The van der Waals surface area contributed by atoms with E-state index in [-0.39, 0.29) is 13.1 Å². The van der Waals surface area contributed by atoms with Crippen LogP contribution in [0, 0.1) is 0 Å². The van der Waals surface area contributed by atoms with Gasteiger partial charge in [0.1, 0.15) is 0 Å². The topological polar surface area (TPSA) is 57.5 Å². The second-order valence-corrected chi connectivity index (χ2v) is 1.58. The van der Waals surface area contributed by atoms with Gasteiger partial charge in [-0.05, 0) is 6.92 Å². The van der Waals surface area contributed by atoms with Crippen molar-refractivity contribution in [3.05, 3.63) is 36.4 Å². The molecule has 0 amide bonds. The molecule has 2 N–H and O–H groups in total. The third-order valence-corrected chi connectivity index (χ3v) is 0.667. The molecule has 0 saturated carbocycles. The zero-order valence-corrected chi connectivity index (χ0v) is 7.05. The van der Waals surface area contributed by atoms with Gasteiger partial charge in [-0.1, -0.05) is 36.4 Å². The summed E-state index contributed by atoms with van der Waals surface area (Å²) in [6.45, 7) is 1.68. The Bertz CT molecular complexity index is 124. The van der Waals surface area contributed by atoms with Crippen LogP contribution in [0.15, 0.2) is 36.4 Å². The van der Waals surface area contributed by atoms with Crippen molar-refractivity contribution in [3.63, 3.8) is 0 Å². The summed E-state index contributed by atoms with van der Waals surface area (Å²) in [6, 6.07) is 12.0. The van der Waals surface area contributed by atoms with Gasteiger partial charge in [-0.2, -0.15) is 0 Å². The third kappa shape index (κ3) is 23.4. The van der Waals surface area contributed by atoms with Gasteiger partial charge >= 0.3 is 0 Å². The number of aliphatic hydroxyl groups is 1. The van der Waals surface area contributed by atoms with Crippen molar-refractivity contribution in [3.8, 4) is 0 Å². The summed E-state index contributed by atoms with van der Waals surface area (Å²) >= 11 is 0. The number of carboxylic acid groups (broad SMARTS) is 1. The summed E-state index contributed by atoms with van der Waals surface area (Å²) in [7, 11) is 0. The van der Waals surface area contributed by atoms with Crippen LogP contribution in [0.5, 0.6) is 0 Å². The molecule has 0 unspecified atom stereocenters. The predicted octanol–water partition coefficient (Wildman–Crippen LogP) is 1.39. The van der Waals surface area contributed by atoms with Crippen molar-refractivity contribution in [2.45, 2.75) is 6.92 Å². The molecular weight excluding hydrogens is 156 g/mol. The first-order chi connectivity index (χ1) is 5.83. The molecule has 0 aliphatic carbocycles. The van der Waals surface area contributed by atoms with Gasteiger partial charge in [-0.25, -0.2) is 0 Å². The van der Waals surface area contributed by atoms with Crippen molar-refractivity contribution in [2.75, 3.05) is 6.61 Å². The zero-order chi connectivity index (χ0) is 9.66. The van der Waals surface area contributed by atoms with Crippen LogP contribution in [0.1, 0.15) is 6.92 Å². The van der Waals surface area contributed by atoms with Crippen LogP contribution in [-0.2, 0) is 4.79 Å². The first kappa shape index (κ1) is 13.3. The van der Waals surface area contributed by atoms with Crippen LogP contribution in [0.25, 0.3) is 0 Å². The molecule has 0 heterocycles. The van der Waals surface area contributed by atoms with Crippen molar-refractivity contribution >= 4 is 6.47 Å². The molecule has 0 bridgehead atoms. The SMILES string of the molecule is CCO.O=CO.c1ccccc1. The smallest absolute Gasteiger partial charge is 0.290 e. The maximum absolute atomic E-state index is 8.36. The van der Waals surface area contributed by atoms with Crippen molar-refractivity contribution in [2.24, 2.45) is 0 Å². The van der Waals surface area contributed by atoms with Gasteiger partial charge < -0.3 is 10.2 Å². The van der Waals surface area contributed by atoms with Crippen LogP contribution in [0.2, 0.25) is 0 Å². The van der Waals surface area contributed by atoms with Crippen molar-refractivity contribution in [1.82, 2.24) is 0 Å². The molecule has 68 valence electrons. The third-order valence-electron chi connectivity index (χ3n) is 0.667. The summed E-state index contributed by atoms with van der Waals surface area (Å²) in [4.78, 5) is 8.36. The summed E-state index contributed by atoms with van der Waals surface area (Å²) in [6.07, 6.45) is 0. The fourth-order valence-electron chi connectivity index (χ4n) is 0.385. The molecule has 12 heavy (non-hydrogen) atoms. The van der Waals surface area contributed by atoms with E-state index in [9.17, 15) is 0 Å². The fourth-order valence-corrected chi connectivity index (χ4v) is 0.385. The summed E-state index contributed by atoms with van der Waals surface area (Å²) in [5.41, 5.74) is 0. The molecule has 0 saturated heterocycles. The largest absolute Gasteiger partial charge is 0.483 e. The Morgan fingerprint density at radius 1 is 1.08 bits per heavy atom. The first-order valence-corrected chi connectivity index (χ1v) is 3.52. The van der Waals surface area contributed by atoms with Gasteiger partial charge in [0.2, 0.25) is 0 Å². The highest BCUT2D eigenvalue weighted by atomic mass is 16.3. The van der Waals surface area contributed by atoms with Gasteiger partial charge in [-0.3, -0.25) is 4.79 Å². The number of aliphatic hydroxyl groups excluding tert-OH is 1. The number of carbonyl (C=O) groups is 1. The Labute approximate surface area is 72.3 Å². The van der Waals surface area contributed by atoms with E-state index in [1.54, 1.807) is 6.92 Å². The minimum atomic E-state index is -0.250. The molecule has 0 aliphatic rings. The molecule has 1 aromatic rings. The van der Waals surface area contributed by atoms with Crippen LogP contribution < -0.4 is 0 Å². The highest BCUT2D eigenvalue weighted by molar-refractivity contribution is 5.32. The second kappa shape index (κ2) is 16.3. The van der Waals surface area contributed by atoms with Gasteiger partial charge in [0.05, 0.1) is 0 Å². The van der Waals surface area contributed by atoms with Gasteiger partial charge in [0, 0.05) is 6.61 Å². The average molecular weight is 170 g/mol. The lowest BCUT2D eigenvalue weighted by Crippen LogP contribution is -1.57. The maximum atomic E-state index is 8.36. The molecule has 0 atom stereocenters. The lowest BCUT2D eigenvalue weighted by molar-refractivity contribution is -0.122. The molecular formula is C9H14O3. The number of hydrogen-bond acceptors (Lipinski definition) is 2. The quantitative estimate of drug-likeness (QED) is 0.578.